The lowest BCUT2D eigenvalue weighted by molar-refractivity contribution is -0.121. The first-order valence-electron chi connectivity index (χ1n) is 6.10. The van der Waals surface area contributed by atoms with Gasteiger partial charge in [0.05, 0.1) is 5.69 Å². The molecule has 0 aromatic heterocycles. The Kier molecular flexibility index (Phi) is 6.14. The van der Waals surface area contributed by atoms with Gasteiger partial charge in [-0.1, -0.05) is 18.6 Å². The van der Waals surface area contributed by atoms with Crippen LogP contribution in [0.25, 0.3) is 0 Å². The fourth-order valence-electron chi connectivity index (χ4n) is 1.77. The number of para-hydroxylation sites is 1. The van der Waals surface area contributed by atoms with E-state index in [1.165, 1.54) is 6.07 Å². The van der Waals surface area contributed by atoms with E-state index in [4.69, 9.17) is 5.84 Å². The number of hydrazine groups is 1. The van der Waals surface area contributed by atoms with Crippen LogP contribution in [-0.2, 0) is 4.79 Å². The highest BCUT2D eigenvalue weighted by atomic mass is 19.1. The summed E-state index contributed by atoms with van der Waals surface area (Å²) in [5.74, 6) is 4.63. The monoisotopic (exact) mass is 253 g/mol. The number of hydrogen-bond donors (Lipinski definition) is 2. The molecule has 5 heteroatoms. The molecule has 0 saturated carbocycles. The van der Waals surface area contributed by atoms with Gasteiger partial charge in [-0.15, -0.1) is 0 Å². The number of nitrogens with zero attached hydrogens (tertiary/aromatic N) is 1. The summed E-state index contributed by atoms with van der Waals surface area (Å²) in [7, 11) is 1.87. The SMILES string of the molecule is CN(CCCCCC(=O)NN)c1ccccc1F. The third-order valence-electron chi connectivity index (χ3n) is 2.82. The van der Waals surface area contributed by atoms with Gasteiger partial charge in [-0.05, 0) is 25.0 Å². The van der Waals surface area contributed by atoms with Crippen LogP contribution in [0.3, 0.4) is 0 Å². The van der Waals surface area contributed by atoms with Gasteiger partial charge in [0.1, 0.15) is 5.82 Å². The number of carbonyl (C=O) groups excluding carboxylic acids is 1. The number of anilines is 1. The maximum atomic E-state index is 13.5. The molecule has 0 unspecified atom stereocenters. The molecule has 0 aliphatic rings. The Morgan fingerprint density at radius 1 is 1.33 bits per heavy atom. The molecule has 4 nitrogen and oxygen atoms in total. The smallest absolute Gasteiger partial charge is 0.233 e. The van der Waals surface area contributed by atoms with Crippen LogP contribution < -0.4 is 16.2 Å². The first kappa shape index (κ1) is 14.4. The van der Waals surface area contributed by atoms with E-state index in [2.05, 4.69) is 5.43 Å². The molecule has 1 rings (SSSR count). The minimum absolute atomic E-state index is 0.141. The normalized spacial score (nSPS) is 10.2. The van der Waals surface area contributed by atoms with Gasteiger partial charge in [0.2, 0.25) is 5.91 Å². The number of hydrogen-bond acceptors (Lipinski definition) is 3. The molecule has 0 aliphatic carbocycles. The average Bonchev–Trinajstić information content (AvgIpc) is 2.38. The van der Waals surface area contributed by atoms with Gasteiger partial charge >= 0.3 is 0 Å². The van der Waals surface area contributed by atoms with E-state index in [1.807, 2.05) is 18.0 Å². The van der Waals surface area contributed by atoms with Crippen LogP contribution in [-0.4, -0.2) is 19.5 Å². The molecular formula is C13H20FN3O. The third-order valence-corrected chi connectivity index (χ3v) is 2.82. The summed E-state index contributed by atoms with van der Waals surface area (Å²) in [5, 5.41) is 0. The second-order valence-corrected chi connectivity index (χ2v) is 4.25. The van der Waals surface area contributed by atoms with Gasteiger partial charge in [0.25, 0.3) is 0 Å². The van der Waals surface area contributed by atoms with Crippen molar-refractivity contribution in [3.8, 4) is 0 Å². The summed E-state index contributed by atoms with van der Waals surface area (Å²) < 4.78 is 13.5. The second kappa shape index (κ2) is 7.66. The highest BCUT2D eigenvalue weighted by molar-refractivity contribution is 5.75. The zero-order chi connectivity index (χ0) is 13.4. The van der Waals surface area contributed by atoms with Crippen LogP contribution in [0.5, 0.6) is 0 Å². The Hall–Kier alpha value is -1.62. The zero-order valence-corrected chi connectivity index (χ0v) is 10.7. The molecule has 3 N–H and O–H groups in total. The summed E-state index contributed by atoms with van der Waals surface area (Å²) in [6.07, 6.45) is 3.09. The fraction of sp³-hybridized carbons (Fsp3) is 0.462. The summed E-state index contributed by atoms with van der Waals surface area (Å²) >= 11 is 0. The lowest BCUT2D eigenvalue weighted by Crippen LogP contribution is -2.29. The van der Waals surface area contributed by atoms with E-state index in [0.29, 0.717) is 12.1 Å². The quantitative estimate of drug-likeness (QED) is 0.337. The fourth-order valence-corrected chi connectivity index (χ4v) is 1.77. The molecule has 1 aromatic carbocycles. The Morgan fingerprint density at radius 2 is 2.06 bits per heavy atom. The summed E-state index contributed by atoms with van der Waals surface area (Å²) in [4.78, 5) is 12.8. The number of nitrogens with two attached hydrogens (primary N) is 1. The number of halogens is 1. The van der Waals surface area contributed by atoms with E-state index in [1.54, 1.807) is 12.1 Å². The zero-order valence-electron chi connectivity index (χ0n) is 10.7. The molecule has 0 fully saturated rings. The largest absolute Gasteiger partial charge is 0.372 e. The van der Waals surface area contributed by atoms with Crippen molar-refractivity contribution in [1.82, 2.24) is 5.43 Å². The van der Waals surface area contributed by atoms with Crippen molar-refractivity contribution in [2.75, 3.05) is 18.5 Å². The lowest BCUT2D eigenvalue weighted by atomic mass is 10.2. The van der Waals surface area contributed by atoms with E-state index in [0.717, 1.165) is 25.8 Å². The number of benzene rings is 1. The average molecular weight is 253 g/mol. The van der Waals surface area contributed by atoms with Crippen molar-refractivity contribution in [3.63, 3.8) is 0 Å². The van der Waals surface area contributed by atoms with Gasteiger partial charge in [-0.2, -0.15) is 0 Å². The Bertz CT molecular complexity index is 384. The number of nitrogens with one attached hydrogen (secondary N) is 1. The molecule has 0 radical (unpaired) electrons. The molecule has 100 valence electrons. The van der Waals surface area contributed by atoms with Crippen molar-refractivity contribution < 1.29 is 9.18 Å². The van der Waals surface area contributed by atoms with Crippen molar-refractivity contribution in [2.24, 2.45) is 5.84 Å². The number of rotatable bonds is 7. The van der Waals surface area contributed by atoms with Gasteiger partial charge in [-0.3, -0.25) is 10.2 Å². The standard InChI is InChI=1S/C13H20FN3O/c1-17(12-8-5-4-7-11(12)14)10-6-2-3-9-13(18)16-15/h4-5,7-8H,2-3,6,9-10,15H2,1H3,(H,16,18). The topological polar surface area (TPSA) is 58.4 Å². The summed E-state index contributed by atoms with van der Waals surface area (Å²) in [6.45, 7) is 0.769. The van der Waals surface area contributed by atoms with E-state index < -0.39 is 0 Å². The highest BCUT2D eigenvalue weighted by Gasteiger charge is 2.05. The Morgan fingerprint density at radius 3 is 2.72 bits per heavy atom. The molecule has 0 atom stereocenters. The molecule has 0 spiro atoms. The van der Waals surface area contributed by atoms with Crippen LogP contribution >= 0.6 is 0 Å². The van der Waals surface area contributed by atoms with Crippen molar-refractivity contribution in [1.29, 1.82) is 0 Å². The molecule has 0 aliphatic heterocycles. The van der Waals surface area contributed by atoms with Gasteiger partial charge in [0.15, 0.2) is 0 Å². The predicted molar refractivity (Wildman–Crippen MR) is 70.5 cm³/mol. The number of unbranched alkanes of at least 4 members (excludes halogenated alkanes) is 2. The van der Waals surface area contributed by atoms with Crippen molar-refractivity contribution in [2.45, 2.75) is 25.7 Å². The van der Waals surface area contributed by atoms with E-state index in [9.17, 15) is 9.18 Å². The minimum atomic E-state index is -0.206. The summed E-state index contributed by atoms with van der Waals surface area (Å²) in [5.41, 5.74) is 2.71. The second-order valence-electron chi connectivity index (χ2n) is 4.25. The maximum absolute atomic E-state index is 13.5. The van der Waals surface area contributed by atoms with E-state index >= 15 is 0 Å². The van der Waals surface area contributed by atoms with Crippen molar-refractivity contribution >= 4 is 11.6 Å². The number of amides is 1. The lowest BCUT2D eigenvalue weighted by Gasteiger charge is -2.19. The van der Waals surface area contributed by atoms with Gasteiger partial charge in [-0.25, -0.2) is 10.2 Å². The van der Waals surface area contributed by atoms with Gasteiger partial charge in [0, 0.05) is 20.0 Å². The summed E-state index contributed by atoms with van der Waals surface area (Å²) in [6, 6.07) is 6.72. The highest BCUT2D eigenvalue weighted by Crippen LogP contribution is 2.17. The van der Waals surface area contributed by atoms with Crippen LogP contribution in [0, 0.1) is 5.82 Å². The van der Waals surface area contributed by atoms with Gasteiger partial charge < -0.3 is 4.90 Å². The van der Waals surface area contributed by atoms with Crippen LogP contribution in [0.1, 0.15) is 25.7 Å². The Balaban J connectivity index is 2.24. The van der Waals surface area contributed by atoms with Crippen LogP contribution in [0.2, 0.25) is 0 Å². The van der Waals surface area contributed by atoms with Crippen molar-refractivity contribution in [3.05, 3.63) is 30.1 Å². The predicted octanol–water partition coefficient (Wildman–Crippen LogP) is 1.81. The first-order chi connectivity index (χ1) is 8.65. The van der Waals surface area contributed by atoms with E-state index in [-0.39, 0.29) is 11.7 Å². The van der Waals surface area contributed by atoms with Crippen LogP contribution in [0.15, 0.2) is 24.3 Å². The Labute approximate surface area is 107 Å². The molecule has 0 saturated heterocycles. The molecule has 0 heterocycles. The molecule has 1 amide bonds. The molecule has 1 aromatic rings. The minimum Gasteiger partial charge on any atom is -0.372 e. The number of carbonyl (C=O) groups is 1. The maximum Gasteiger partial charge on any atom is 0.233 e. The van der Waals surface area contributed by atoms with Crippen LogP contribution in [0.4, 0.5) is 10.1 Å². The first-order valence-corrected chi connectivity index (χ1v) is 6.10. The molecule has 18 heavy (non-hydrogen) atoms. The molecular weight excluding hydrogens is 233 g/mol. The third kappa shape index (κ3) is 4.71. The molecule has 0 bridgehead atoms.